The Kier molecular flexibility index (Phi) is 10.4. The monoisotopic (exact) mass is 501 g/mol. The van der Waals surface area contributed by atoms with Gasteiger partial charge in [-0.25, -0.2) is 8.42 Å². The highest BCUT2D eigenvalue weighted by atomic mass is 32.2. The van der Waals surface area contributed by atoms with Crippen LogP contribution in [0.3, 0.4) is 0 Å². The molecule has 35 heavy (non-hydrogen) atoms. The van der Waals surface area contributed by atoms with Crippen molar-refractivity contribution in [2.45, 2.75) is 46.1 Å². The summed E-state index contributed by atoms with van der Waals surface area (Å²) in [6, 6.07) is 15.0. The van der Waals surface area contributed by atoms with E-state index >= 15 is 0 Å². The van der Waals surface area contributed by atoms with Crippen molar-refractivity contribution >= 4 is 33.3 Å². The van der Waals surface area contributed by atoms with Crippen LogP contribution in [0.25, 0.3) is 0 Å². The third kappa shape index (κ3) is 8.20. The molecule has 0 heterocycles. The molecule has 2 amide bonds. The molecular weight excluding hydrogens is 466 g/mol. The number of hydrogen-bond acceptors (Lipinski definition) is 5. The molecule has 0 fully saturated rings. The summed E-state index contributed by atoms with van der Waals surface area (Å²) in [6.07, 6.45) is 2.67. The Balaban J connectivity index is 2.38. The van der Waals surface area contributed by atoms with Gasteiger partial charge in [0.1, 0.15) is 12.6 Å². The van der Waals surface area contributed by atoms with E-state index in [-0.39, 0.29) is 23.9 Å². The van der Waals surface area contributed by atoms with Crippen LogP contribution in [0.4, 0.5) is 5.69 Å². The predicted octanol–water partition coefficient (Wildman–Crippen LogP) is 3.03. The molecule has 0 saturated heterocycles. The van der Waals surface area contributed by atoms with E-state index < -0.39 is 28.5 Å². The molecule has 8 nitrogen and oxygen atoms in total. The lowest BCUT2D eigenvalue weighted by atomic mass is 10.1. The van der Waals surface area contributed by atoms with Crippen LogP contribution in [-0.4, -0.2) is 62.8 Å². The van der Waals surface area contributed by atoms with E-state index in [4.69, 9.17) is 0 Å². The number of amides is 2. The minimum absolute atomic E-state index is 0.213. The van der Waals surface area contributed by atoms with Crippen molar-refractivity contribution in [3.63, 3.8) is 0 Å². The van der Waals surface area contributed by atoms with Gasteiger partial charge in [-0.15, -0.1) is 0 Å². The molecule has 1 N–H and O–H groups in total. The van der Waals surface area contributed by atoms with Crippen LogP contribution in [0.1, 0.15) is 49.5 Å². The summed E-state index contributed by atoms with van der Waals surface area (Å²) in [7, 11) is -3.85. The van der Waals surface area contributed by atoms with Crippen LogP contribution in [0.5, 0.6) is 0 Å². The minimum atomic E-state index is -3.85. The smallest absolute Gasteiger partial charge is 0.244 e. The second kappa shape index (κ2) is 13.0. The van der Waals surface area contributed by atoms with Crippen molar-refractivity contribution < 1.29 is 22.8 Å². The maximum absolute atomic E-state index is 13.6. The van der Waals surface area contributed by atoms with Crippen LogP contribution >= 0.6 is 0 Å². The molecule has 0 bridgehead atoms. The quantitative estimate of drug-likeness (QED) is 0.425. The first-order valence-corrected chi connectivity index (χ1v) is 13.6. The van der Waals surface area contributed by atoms with E-state index in [1.54, 1.807) is 18.2 Å². The Bertz CT molecular complexity index is 1120. The van der Waals surface area contributed by atoms with E-state index in [1.807, 2.05) is 44.2 Å². The van der Waals surface area contributed by atoms with Crippen molar-refractivity contribution in [2.24, 2.45) is 0 Å². The van der Waals surface area contributed by atoms with Gasteiger partial charge in [-0.3, -0.25) is 18.7 Å². The van der Waals surface area contributed by atoms with Crippen molar-refractivity contribution in [2.75, 3.05) is 30.2 Å². The van der Waals surface area contributed by atoms with Gasteiger partial charge in [0, 0.05) is 18.7 Å². The van der Waals surface area contributed by atoms with Crippen LogP contribution in [-0.2, 0) is 26.0 Å². The first-order chi connectivity index (χ1) is 16.6. The highest BCUT2D eigenvalue weighted by molar-refractivity contribution is 7.92. The van der Waals surface area contributed by atoms with Crippen LogP contribution < -0.4 is 9.62 Å². The van der Waals surface area contributed by atoms with Gasteiger partial charge in [0.25, 0.3) is 0 Å². The highest BCUT2D eigenvalue weighted by Crippen LogP contribution is 2.21. The number of anilines is 1. The molecular formula is C26H35N3O5S. The molecule has 0 aromatic heterocycles. The maximum Gasteiger partial charge on any atom is 0.244 e. The normalized spacial score (nSPS) is 12.0. The summed E-state index contributed by atoms with van der Waals surface area (Å²) < 4.78 is 26.3. The van der Waals surface area contributed by atoms with Gasteiger partial charge in [-0.05, 0) is 43.9 Å². The van der Waals surface area contributed by atoms with Gasteiger partial charge in [0.2, 0.25) is 21.8 Å². The van der Waals surface area contributed by atoms with Gasteiger partial charge in [-0.2, -0.15) is 0 Å². The molecule has 2 aromatic rings. The van der Waals surface area contributed by atoms with E-state index in [1.165, 1.54) is 17.9 Å². The molecule has 0 aliphatic rings. The van der Waals surface area contributed by atoms with Gasteiger partial charge in [0.05, 0.1) is 11.9 Å². The lowest BCUT2D eigenvalue weighted by Gasteiger charge is -2.33. The molecule has 190 valence electrons. The maximum atomic E-state index is 13.6. The molecule has 0 spiro atoms. The summed E-state index contributed by atoms with van der Waals surface area (Å²) >= 11 is 0. The van der Waals surface area contributed by atoms with E-state index in [0.29, 0.717) is 24.9 Å². The number of sulfonamides is 1. The number of Topliss-reactive ketones (excluding diaryl/α,β-unsaturated/α-hetero) is 1. The summed E-state index contributed by atoms with van der Waals surface area (Å²) in [5, 5.41) is 2.85. The zero-order valence-corrected chi connectivity index (χ0v) is 21.7. The number of benzene rings is 2. The minimum Gasteiger partial charge on any atom is -0.354 e. The molecule has 2 aromatic carbocycles. The Labute approximate surface area is 208 Å². The average molecular weight is 502 g/mol. The van der Waals surface area contributed by atoms with Gasteiger partial charge >= 0.3 is 0 Å². The lowest BCUT2D eigenvalue weighted by molar-refractivity contribution is -0.139. The largest absolute Gasteiger partial charge is 0.354 e. The highest BCUT2D eigenvalue weighted by Gasteiger charge is 2.31. The topological polar surface area (TPSA) is 104 Å². The third-order valence-electron chi connectivity index (χ3n) is 5.64. The summed E-state index contributed by atoms with van der Waals surface area (Å²) in [5.41, 5.74) is 1.57. The Morgan fingerprint density at radius 1 is 1.00 bits per heavy atom. The number of ketones is 1. The molecule has 0 aliphatic carbocycles. The third-order valence-corrected chi connectivity index (χ3v) is 6.78. The van der Waals surface area contributed by atoms with Gasteiger partial charge in [-0.1, -0.05) is 56.3 Å². The van der Waals surface area contributed by atoms with Gasteiger partial charge < -0.3 is 10.2 Å². The average Bonchev–Trinajstić information content (AvgIpc) is 2.83. The molecule has 0 saturated carbocycles. The van der Waals surface area contributed by atoms with Crippen molar-refractivity contribution in [1.82, 2.24) is 10.2 Å². The van der Waals surface area contributed by atoms with Crippen LogP contribution in [0.2, 0.25) is 0 Å². The standard InChI is InChI=1S/C26H35N3O5S/c1-5-16-27-26(32)24(6-2)28(17-15-21-11-8-7-9-12-21)25(31)19-29(35(4,33)34)23-14-10-13-22(18-23)20(3)30/h7-14,18,24H,5-6,15-17,19H2,1-4H3,(H,27,32). The number of carbonyl (C=O) groups is 3. The van der Waals surface area contributed by atoms with E-state index in [0.717, 1.165) is 22.5 Å². The lowest BCUT2D eigenvalue weighted by Crippen LogP contribution is -2.53. The number of hydrogen-bond donors (Lipinski definition) is 1. The molecule has 9 heteroatoms. The van der Waals surface area contributed by atoms with Crippen molar-refractivity contribution in [3.05, 3.63) is 65.7 Å². The first kappa shape index (κ1) is 28.0. The molecule has 0 aliphatic heterocycles. The second-order valence-corrected chi connectivity index (χ2v) is 10.3. The van der Waals surface area contributed by atoms with Crippen molar-refractivity contribution in [1.29, 1.82) is 0 Å². The summed E-state index contributed by atoms with van der Waals surface area (Å²) in [5.74, 6) is -0.965. The Hall–Kier alpha value is -3.20. The number of carbonyl (C=O) groups excluding carboxylic acids is 3. The number of nitrogens with one attached hydrogen (secondary N) is 1. The second-order valence-electron chi connectivity index (χ2n) is 8.41. The summed E-state index contributed by atoms with van der Waals surface area (Å²) in [6.45, 7) is 5.42. The molecule has 2 rings (SSSR count). The van der Waals surface area contributed by atoms with E-state index in [2.05, 4.69) is 5.32 Å². The fourth-order valence-electron chi connectivity index (χ4n) is 3.76. The molecule has 1 atom stereocenters. The zero-order valence-electron chi connectivity index (χ0n) is 20.9. The van der Waals surface area contributed by atoms with Gasteiger partial charge in [0.15, 0.2) is 5.78 Å². The Morgan fingerprint density at radius 3 is 2.26 bits per heavy atom. The number of rotatable bonds is 13. The predicted molar refractivity (Wildman–Crippen MR) is 138 cm³/mol. The number of nitrogens with zero attached hydrogens (tertiary/aromatic N) is 2. The molecule has 1 unspecified atom stereocenters. The van der Waals surface area contributed by atoms with Crippen LogP contribution in [0, 0.1) is 0 Å². The molecule has 0 radical (unpaired) electrons. The zero-order chi connectivity index (χ0) is 26.0. The Morgan fingerprint density at radius 2 is 1.69 bits per heavy atom. The SMILES string of the molecule is CCCNC(=O)C(CC)N(CCc1ccccc1)C(=O)CN(c1cccc(C(C)=O)c1)S(C)(=O)=O. The fraction of sp³-hybridized carbons (Fsp3) is 0.423. The van der Waals surface area contributed by atoms with Crippen LogP contribution in [0.15, 0.2) is 54.6 Å². The fourth-order valence-corrected chi connectivity index (χ4v) is 4.60. The first-order valence-electron chi connectivity index (χ1n) is 11.8. The van der Waals surface area contributed by atoms with E-state index in [9.17, 15) is 22.8 Å². The van der Waals surface area contributed by atoms with Crippen molar-refractivity contribution in [3.8, 4) is 0 Å². The summed E-state index contributed by atoms with van der Waals surface area (Å²) in [4.78, 5) is 39.7.